The summed E-state index contributed by atoms with van der Waals surface area (Å²) in [5.41, 5.74) is 7.14. The van der Waals surface area contributed by atoms with Gasteiger partial charge in [-0.15, -0.1) is 0 Å². The molecule has 17 heavy (non-hydrogen) atoms. The van der Waals surface area contributed by atoms with Crippen LogP contribution in [0.2, 0.25) is 5.02 Å². The maximum Gasteiger partial charge on any atom is 0.0835 e. The summed E-state index contributed by atoms with van der Waals surface area (Å²) in [6, 6.07) is -0.245. The fourth-order valence-electron chi connectivity index (χ4n) is 2.01. The molecule has 5 heteroatoms. The highest BCUT2D eigenvalue weighted by Gasteiger charge is 2.27. The van der Waals surface area contributed by atoms with Gasteiger partial charge in [0.15, 0.2) is 0 Å². The number of ether oxygens (including phenoxy) is 1. The molecule has 0 aromatic carbocycles. The molecule has 0 fully saturated rings. The Morgan fingerprint density at radius 2 is 2.12 bits per heavy atom. The lowest BCUT2D eigenvalue weighted by molar-refractivity contribution is 0.0103. The molecular formula is C12H22ClN3O. The van der Waals surface area contributed by atoms with Crippen molar-refractivity contribution in [2.75, 3.05) is 6.61 Å². The Bertz CT molecular complexity index is 352. The minimum atomic E-state index is -0.245. The summed E-state index contributed by atoms with van der Waals surface area (Å²) in [6.07, 6.45) is 1.60. The van der Waals surface area contributed by atoms with Crippen LogP contribution in [0.15, 0.2) is 6.20 Å². The number of hydrogen-bond acceptors (Lipinski definition) is 3. The fourth-order valence-corrected chi connectivity index (χ4v) is 2.28. The molecule has 0 aliphatic carbocycles. The van der Waals surface area contributed by atoms with Gasteiger partial charge in [0.25, 0.3) is 0 Å². The Balaban J connectivity index is 2.99. The third-order valence-corrected chi connectivity index (χ3v) is 3.11. The molecule has 98 valence electrons. The van der Waals surface area contributed by atoms with E-state index in [0.717, 1.165) is 12.2 Å². The summed E-state index contributed by atoms with van der Waals surface area (Å²) in [7, 11) is 0. The number of aryl methyl sites for hydroxylation is 1. The predicted molar refractivity (Wildman–Crippen MR) is 70.1 cm³/mol. The van der Waals surface area contributed by atoms with Crippen molar-refractivity contribution in [1.82, 2.24) is 9.78 Å². The highest BCUT2D eigenvalue weighted by Crippen LogP contribution is 2.28. The van der Waals surface area contributed by atoms with Crippen LogP contribution in [-0.2, 0) is 11.3 Å². The first-order chi connectivity index (χ1) is 8.02. The molecule has 0 amide bonds. The SMILES string of the molecule is CCOC(C(C)C)C(N)c1c(Cl)cnn1CC. The summed E-state index contributed by atoms with van der Waals surface area (Å²) < 4.78 is 7.55. The van der Waals surface area contributed by atoms with Crippen LogP contribution < -0.4 is 5.73 Å². The molecule has 2 unspecified atom stereocenters. The Labute approximate surface area is 108 Å². The van der Waals surface area contributed by atoms with Crippen molar-refractivity contribution in [2.24, 2.45) is 11.7 Å². The van der Waals surface area contributed by atoms with E-state index in [1.54, 1.807) is 6.20 Å². The van der Waals surface area contributed by atoms with Crippen molar-refractivity contribution < 1.29 is 4.74 Å². The van der Waals surface area contributed by atoms with Gasteiger partial charge in [-0.3, -0.25) is 4.68 Å². The number of hydrogen-bond donors (Lipinski definition) is 1. The summed E-state index contributed by atoms with van der Waals surface area (Å²) in [5.74, 6) is 0.334. The number of halogens is 1. The van der Waals surface area contributed by atoms with E-state index >= 15 is 0 Å². The molecule has 2 N–H and O–H groups in total. The van der Waals surface area contributed by atoms with Crippen LogP contribution in [0.5, 0.6) is 0 Å². The molecule has 1 aromatic rings. The van der Waals surface area contributed by atoms with Crippen molar-refractivity contribution >= 4 is 11.6 Å². The summed E-state index contributed by atoms with van der Waals surface area (Å²) >= 11 is 6.15. The highest BCUT2D eigenvalue weighted by molar-refractivity contribution is 6.31. The average Bonchev–Trinajstić information content (AvgIpc) is 2.66. The van der Waals surface area contributed by atoms with E-state index in [1.807, 2.05) is 18.5 Å². The highest BCUT2D eigenvalue weighted by atomic mass is 35.5. The standard InChI is InChI=1S/C12H22ClN3O/c1-5-16-11(9(13)7-15-16)10(14)12(8(3)4)17-6-2/h7-8,10,12H,5-6,14H2,1-4H3. The fraction of sp³-hybridized carbons (Fsp3) is 0.750. The third-order valence-electron chi connectivity index (χ3n) is 2.82. The molecule has 1 heterocycles. The van der Waals surface area contributed by atoms with Crippen molar-refractivity contribution in [2.45, 2.75) is 46.4 Å². The van der Waals surface area contributed by atoms with E-state index in [0.29, 0.717) is 17.5 Å². The van der Waals surface area contributed by atoms with Crippen LogP contribution in [-0.4, -0.2) is 22.5 Å². The number of nitrogens with two attached hydrogens (primary N) is 1. The van der Waals surface area contributed by atoms with Gasteiger partial charge in [0, 0.05) is 13.2 Å². The second kappa shape index (κ2) is 6.38. The molecule has 0 radical (unpaired) electrons. The van der Waals surface area contributed by atoms with Crippen LogP contribution in [0.4, 0.5) is 0 Å². The van der Waals surface area contributed by atoms with Gasteiger partial charge in [-0.1, -0.05) is 25.4 Å². The average molecular weight is 260 g/mol. The van der Waals surface area contributed by atoms with Crippen LogP contribution in [0.1, 0.15) is 39.4 Å². The minimum Gasteiger partial charge on any atom is -0.376 e. The second-order valence-electron chi connectivity index (χ2n) is 4.38. The Hall–Kier alpha value is -0.580. The normalized spacial score (nSPS) is 15.2. The Morgan fingerprint density at radius 3 is 2.59 bits per heavy atom. The summed E-state index contributed by atoms with van der Waals surface area (Å²) in [6.45, 7) is 9.59. The number of aromatic nitrogens is 2. The van der Waals surface area contributed by atoms with Crippen LogP contribution in [0.25, 0.3) is 0 Å². The van der Waals surface area contributed by atoms with E-state index in [2.05, 4.69) is 18.9 Å². The van der Waals surface area contributed by atoms with Gasteiger partial charge in [-0.05, 0) is 19.8 Å². The first-order valence-corrected chi connectivity index (χ1v) is 6.49. The van der Waals surface area contributed by atoms with Gasteiger partial charge in [0.05, 0.1) is 29.1 Å². The smallest absolute Gasteiger partial charge is 0.0835 e. The molecule has 4 nitrogen and oxygen atoms in total. The Morgan fingerprint density at radius 1 is 1.47 bits per heavy atom. The Kier molecular flexibility index (Phi) is 5.43. The van der Waals surface area contributed by atoms with Gasteiger partial charge in [0.2, 0.25) is 0 Å². The predicted octanol–water partition coefficient (Wildman–Crippen LogP) is 2.62. The summed E-state index contributed by atoms with van der Waals surface area (Å²) in [5, 5.41) is 4.82. The molecular weight excluding hydrogens is 238 g/mol. The van der Waals surface area contributed by atoms with Gasteiger partial charge >= 0.3 is 0 Å². The molecule has 0 saturated heterocycles. The number of nitrogens with zero attached hydrogens (tertiary/aromatic N) is 2. The zero-order valence-corrected chi connectivity index (χ0v) is 11.7. The van der Waals surface area contributed by atoms with Crippen LogP contribution in [0, 0.1) is 5.92 Å². The molecule has 0 aliphatic heterocycles. The van der Waals surface area contributed by atoms with E-state index in [1.165, 1.54) is 0 Å². The minimum absolute atomic E-state index is 0.0421. The maximum absolute atomic E-state index is 6.28. The van der Waals surface area contributed by atoms with Crippen molar-refractivity contribution in [3.05, 3.63) is 16.9 Å². The quantitative estimate of drug-likeness (QED) is 0.854. The van der Waals surface area contributed by atoms with Gasteiger partial charge < -0.3 is 10.5 Å². The molecule has 2 atom stereocenters. The molecule has 0 spiro atoms. The molecule has 0 saturated carbocycles. The van der Waals surface area contributed by atoms with E-state index < -0.39 is 0 Å². The van der Waals surface area contributed by atoms with E-state index in [-0.39, 0.29) is 12.1 Å². The lowest BCUT2D eigenvalue weighted by Crippen LogP contribution is -2.35. The van der Waals surface area contributed by atoms with E-state index in [4.69, 9.17) is 22.1 Å². The van der Waals surface area contributed by atoms with E-state index in [9.17, 15) is 0 Å². The maximum atomic E-state index is 6.28. The molecule has 0 aliphatic rings. The number of rotatable bonds is 6. The lowest BCUT2D eigenvalue weighted by Gasteiger charge is -2.27. The van der Waals surface area contributed by atoms with Crippen molar-refractivity contribution in [3.8, 4) is 0 Å². The summed E-state index contributed by atoms with van der Waals surface area (Å²) in [4.78, 5) is 0. The second-order valence-corrected chi connectivity index (χ2v) is 4.79. The van der Waals surface area contributed by atoms with Crippen LogP contribution >= 0.6 is 11.6 Å². The third kappa shape index (κ3) is 3.21. The largest absolute Gasteiger partial charge is 0.376 e. The first kappa shape index (κ1) is 14.5. The van der Waals surface area contributed by atoms with Gasteiger partial charge in [-0.2, -0.15) is 5.10 Å². The van der Waals surface area contributed by atoms with Gasteiger partial charge in [-0.25, -0.2) is 0 Å². The van der Waals surface area contributed by atoms with Crippen molar-refractivity contribution in [3.63, 3.8) is 0 Å². The van der Waals surface area contributed by atoms with Crippen molar-refractivity contribution in [1.29, 1.82) is 0 Å². The first-order valence-electron chi connectivity index (χ1n) is 6.11. The monoisotopic (exact) mass is 259 g/mol. The zero-order valence-electron chi connectivity index (χ0n) is 11.0. The molecule has 0 bridgehead atoms. The topological polar surface area (TPSA) is 53.1 Å². The van der Waals surface area contributed by atoms with Crippen LogP contribution in [0.3, 0.4) is 0 Å². The zero-order chi connectivity index (χ0) is 13.0. The molecule has 1 aromatic heterocycles. The lowest BCUT2D eigenvalue weighted by atomic mass is 9.97. The molecule has 1 rings (SSSR count). The van der Waals surface area contributed by atoms with Gasteiger partial charge in [0.1, 0.15) is 0 Å².